The van der Waals surface area contributed by atoms with Crippen LogP contribution in [0.3, 0.4) is 0 Å². The molecule has 0 bridgehead atoms. The topological polar surface area (TPSA) is 430 Å². The van der Waals surface area contributed by atoms with E-state index in [1.807, 2.05) is 58.0 Å². The standard InChI is InChI=1S/C21H21N3O4.C14H19N3O5.2C13H15N3O3.C4H7BrO.2BrH/c1-2-17-14-28-21(22-17)19(12-16-8-10-18(11-9-16)24(26)27)23-20(25)13-15-6-4-3-5-7-15;1-14(2,3)22-13(19)16-11(12(15)18)8-9-4-6-10(7-5-9)17(20)21;2*1-2-10-8-19-13(15-10)12(14)7-9-3-5-11(6-4-9)16(17)18;1-2-4(6)3-5;;/h3-11,14,19H,2,12-13H2,1H3,(H,23,25);4-7,11H,8H2,1-3H3,(H2,15,18)(H,16,19);2*3-6,8,12H,2,7,14H2,1H3;2-3H2,1H3;2*1H/t19-;11-;2*12-;;;/m0000.../s1. The third-order valence-corrected chi connectivity index (χ3v) is 13.9. The van der Waals surface area contributed by atoms with Gasteiger partial charge in [0.25, 0.3) is 22.7 Å². The number of amides is 3. The Labute approximate surface area is 583 Å². The van der Waals surface area contributed by atoms with E-state index in [1.54, 1.807) is 76.0 Å². The number of nitrogens with two attached hydrogens (primary N) is 3. The molecule has 0 aliphatic rings. The molecule has 0 spiro atoms. The summed E-state index contributed by atoms with van der Waals surface area (Å²) in [5.41, 5.74) is 23.4. The largest absolute Gasteiger partial charge is 0.447 e. The van der Waals surface area contributed by atoms with Crippen molar-refractivity contribution < 1.29 is 56.9 Å². The van der Waals surface area contributed by atoms with Gasteiger partial charge in [0.15, 0.2) is 0 Å². The molecule has 31 heteroatoms. The normalized spacial score (nSPS) is 11.6. The number of nitro groups is 4. The number of nitrogens with zero attached hydrogens (tertiary/aromatic N) is 7. The molecule has 3 heterocycles. The monoisotopic (exact) mass is 1520 g/mol. The molecule has 96 heavy (non-hydrogen) atoms. The van der Waals surface area contributed by atoms with E-state index in [4.69, 9.17) is 35.2 Å². The van der Waals surface area contributed by atoms with Crippen molar-refractivity contribution in [1.82, 2.24) is 25.6 Å². The minimum Gasteiger partial charge on any atom is -0.447 e. The number of non-ortho nitro benzene ring substituents is 4. The number of rotatable bonds is 25. The fraction of sp³-hybridized carbons (Fsp3) is 0.338. The highest BCUT2D eigenvalue weighted by atomic mass is 79.9. The second-order valence-electron chi connectivity index (χ2n) is 21.7. The lowest BCUT2D eigenvalue weighted by molar-refractivity contribution is -0.385. The molecule has 516 valence electrons. The molecule has 28 nitrogen and oxygen atoms in total. The summed E-state index contributed by atoms with van der Waals surface area (Å²) in [6.45, 7) is 12.9. The quantitative estimate of drug-likeness (QED) is 0.0201. The first-order valence-electron chi connectivity index (χ1n) is 29.6. The van der Waals surface area contributed by atoms with E-state index in [0.29, 0.717) is 54.2 Å². The molecular formula is C65H79Br3N12O16. The Kier molecular flexibility index (Phi) is 36.2. The molecule has 0 fully saturated rings. The van der Waals surface area contributed by atoms with E-state index in [2.05, 4.69) is 41.5 Å². The van der Waals surface area contributed by atoms with Crippen LogP contribution < -0.4 is 27.8 Å². The summed E-state index contributed by atoms with van der Waals surface area (Å²) in [7, 11) is 0. The number of nitrogens with one attached hydrogen (secondary N) is 2. The van der Waals surface area contributed by atoms with Crippen LogP contribution in [0.4, 0.5) is 27.5 Å². The number of oxazole rings is 3. The summed E-state index contributed by atoms with van der Waals surface area (Å²) in [6.07, 6.45) is 8.85. The lowest BCUT2D eigenvalue weighted by Crippen LogP contribution is -2.47. The summed E-state index contributed by atoms with van der Waals surface area (Å²) >= 11 is 3.03. The molecule has 3 aromatic heterocycles. The molecule has 0 saturated carbocycles. The summed E-state index contributed by atoms with van der Waals surface area (Å²) in [5, 5.41) is 48.4. The smallest absolute Gasteiger partial charge is 0.408 e. The van der Waals surface area contributed by atoms with E-state index < -0.39 is 49.4 Å². The molecule has 0 radical (unpaired) electrons. The van der Waals surface area contributed by atoms with Crippen molar-refractivity contribution in [2.75, 3.05) is 5.33 Å². The molecule has 0 unspecified atom stereocenters. The van der Waals surface area contributed by atoms with Crippen molar-refractivity contribution in [2.45, 2.75) is 136 Å². The number of Topliss-reactive ketones (excluding diaryl/α,β-unsaturated/α-hetero) is 1. The van der Waals surface area contributed by atoms with Gasteiger partial charge in [-0.25, -0.2) is 19.7 Å². The second-order valence-corrected chi connectivity index (χ2v) is 22.3. The van der Waals surface area contributed by atoms with Gasteiger partial charge in [-0.05, 0) is 80.7 Å². The Morgan fingerprint density at radius 3 is 1.17 bits per heavy atom. The van der Waals surface area contributed by atoms with Crippen molar-refractivity contribution in [3.63, 3.8) is 0 Å². The number of carbonyl (C=O) groups is 4. The van der Waals surface area contributed by atoms with Crippen molar-refractivity contribution in [2.24, 2.45) is 17.2 Å². The summed E-state index contributed by atoms with van der Waals surface area (Å²) in [5.74, 6) is 0.815. The molecule has 3 amide bonds. The van der Waals surface area contributed by atoms with Crippen LogP contribution in [-0.4, -0.2) is 75.3 Å². The van der Waals surface area contributed by atoms with E-state index in [9.17, 15) is 59.6 Å². The first kappa shape index (κ1) is 82.7. The highest BCUT2D eigenvalue weighted by molar-refractivity contribution is 9.09. The summed E-state index contributed by atoms with van der Waals surface area (Å²) in [4.78, 5) is 99.5. The Balaban J connectivity index is 0.000000425. The second kappa shape index (κ2) is 42.1. The summed E-state index contributed by atoms with van der Waals surface area (Å²) in [6, 6.07) is 31.9. The van der Waals surface area contributed by atoms with E-state index >= 15 is 0 Å². The van der Waals surface area contributed by atoms with Crippen LogP contribution in [0.1, 0.15) is 136 Å². The highest BCUT2D eigenvalue weighted by Gasteiger charge is 2.25. The number of hydrogen-bond donors (Lipinski definition) is 5. The number of alkyl carbamates (subject to hydrolysis) is 1. The number of halogens is 3. The van der Waals surface area contributed by atoms with Crippen molar-refractivity contribution in [3.8, 4) is 0 Å². The molecule has 8 N–H and O–H groups in total. The third-order valence-electron chi connectivity index (χ3n) is 13.2. The number of primary amides is 1. The van der Waals surface area contributed by atoms with Crippen molar-refractivity contribution >= 4 is 96.3 Å². The van der Waals surface area contributed by atoms with Gasteiger partial charge in [-0.3, -0.25) is 54.8 Å². The SMILES string of the molecule is Br.Br.CC(C)(C)OC(=O)N[C@@H](Cc1ccc([N+](=O)[O-])cc1)C(N)=O.CCC(=O)CBr.CCc1coc([C@@H](N)Cc2ccc([N+](=O)[O-])cc2)n1.CCc1coc([C@@H](N)Cc2ccc([N+](=O)[O-])cc2)n1.CCc1coc([C@H](Cc2ccc([N+](=O)[O-])cc2)NC(=O)Cc2ccccc2)n1. The molecular weight excluding hydrogens is 1440 g/mol. The Bertz CT molecular complexity index is 3610. The van der Waals surface area contributed by atoms with Crippen LogP contribution in [-0.2, 0) is 70.5 Å². The minimum atomic E-state index is -0.962. The number of aryl methyl sites for hydroxylation is 3. The lowest BCUT2D eigenvalue weighted by atomic mass is 10.0. The van der Waals surface area contributed by atoms with Crippen molar-refractivity contribution in [3.05, 3.63) is 249 Å². The first-order chi connectivity index (χ1) is 44.6. The number of aromatic nitrogens is 3. The predicted octanol–water partition coefficient (Wildman–Crippen LogP) is 12.6. The average molecular weight is 1520 g/mol. The molecule has 0 saturated heterocycles. The van der Waals surface area contributed by atoms with Crippen LogP contribution >= 0.6 is 49.9 Å². The van der Waals surface area contributed by atoms with E-state index in [-0.39, 0.29) is 93.3 Å². The van der Waals surface area contributed by atoms with Gasteiger partial charge in [-0.15, -0.1) is 34.0 Å². The zero-order valence-electron chi connectivity index (χ0n) is 53.8. The highest BCUT2D eigenvalue weighted by Crippen LogP contribution is 2.24. The molecule has 8 rings (SSSR count). The number of nitro benzene ring substituents is 4. The summed E-state index contributed by atoms with van der Waals surface area (Å²) < 4.78 is 21.2. The predicted molar refractivity (Wildman–Crippen MR) is 372 cm³/mol. The molecule has 8 aromatic rings. The van der Waals surface area contributed by atoms with Gasteiger partial charge < -0.3 is 45.8 Å². The number of ketones is 1. The first-order valence-corrected chi connectivity index (χ1v) is 30.7. The van der Waals surface area contributed by atoms with Gasteiger partial charge >= 0.3 is 6.09 Å². The molecule has 0 aliphatic heterocycles. The third kappa shape index (κ3) is 29.9. The molecule has 0 aliphatic carbocycles. The zero-order valence-corrected chi connectivity index (χ0v) is 58.8. The van der Waals surface area contributed by atoms with Gasteiger partial charge in [-0.1, -0.05) is 122 Å². The Morgan fingerprint density at radius 1 is 0.521 bits per heavy atom. The number of carbonyl (C=O) groups excluding carboxylic acids is 4. The van der Waals surface area contributed by atoms with Crippen LogP contribution in [0.2, 0.25) is 0 Å². The number of hydrogen-bond acceptors (Lipinski definition) is 21. The van der Waals surface area contributed by atoms with Crippen LogP contribution in [0.5, 0.6) is 0 Å². The number of alkyl halides is 1. The minimum absolute atomic E-state index is 0. The van der Waals surface area contributed by atoms with Crippen LogP contribution in [0, 0.1) is 40.5 Å². The average Bonchev–Trinajstić information content (AvgIpc) is 1.59. The van der Waals surface area contributed by atoms with Gasteiger partial charge in [0.2, 0.25) is 29.5 Å². The van der Waals surface area contributed by atoms with Crippen LogP contribution in [0.15, 0.2) is 159 Å². The molecule has 5 aromatic carbocycles. The van der Waals surface area contributed by atoms with Crippen LogP contribution in [0.25, 0.3) is 0 Å². The van der Waals surface area contributed by atoms with E-state index in [1.165, 1.54) is 60.7 Å². The fourth-order valence-electron chi connectivity index (χ4n) is 8.12. The van der Waals surface area contributed by atoms with E-state index in [0.717, 1.165) is 58.6 Å². The van der Waals surface area contributed by atoms with Gasteiger partial charge in [0.1, 0.15) is 42.3 Å². The van der Waals surface area contributed by atoms with Gasteiger partial charge in [-0.2, -0.15) is 0 Å². The molecule has 4 atom stereocenters. The van der Waals surface area contributed by atoms with Crippen molar-refractivity contribution in [1.29, 1.82) is 0 Å². The maximum atomic E-state index is 12.5. The number of benzene rings is 5. The lowest BCUT2D eigenvalue weighted by Gasteiger charge is -2.22. The maximum absolute atomic E-state index is 12.5. The van der Waals surface area contributed by atoms with Gasteiger partial charge in [0, 0.05) is 67.8 Å². The Morgan fingerprint density at radius 2 is 0.865 bits per heavy atom. The fourth-order valence-corrected chi connectivity index (χ4v) is 8.51. The maximum Gasteiger partial charge on any atom is 0.408 e. The number of ether oxygens (including phenoxy) is 1. The van der Waals surface area contributed by atoms with Gasteiger partial charge in [0.05, 0.1) is 60.6 Å². The Hall–Kier alpha value is -9.43. The zero-order chi connectivity index (χ0) is 69.5.